The molecule has 1 aliphatic rings. The molecule has 5 nitrogen and oxygen atoms in total. The van der Waals surface area contributed by atoms with E-state index >= 15 is 0 Å². The summed E-state index contributed by atoms with van der Waals surface area (Å²) >= 11 is 0. The molecule has 0 spiro atoms. The van der Waals surface area contributed by atoms with E-state index in [0.29, 0.717) is 18.7 Å². The van der Waals surface area contributed by atoms with Gasteiger partial charge in [-0.2, -0.15) is 0 Å². The number of carbonyl (C=O) groups is 2. The van der Waals surface area contributed by atoms with Crippen LogP contribution < -0.4 is 15.5 Å². The smallest absolute Gasteiger partial charge is 0.319 e. The maximum atomic E-state index is 12.5. The second-order valence-corrected chi connectivity index (χ2v) is 5.63. The molecule has 0 bridgehead atoms. The molecule has 2 N–H and O–H groups in total. The topological polar surface area (TPSA) is 61.4 Å². The van der Waals surface area contributed by atoms with E-state index < -0.39 is 6.04 Å². The molecule has 0 aromatic heterocycles. The number of rotatable bonds is 3. The molecule has 0 radical (unpaired) electrons. The van der Waals surface area contributed by atoms with Gasteiger partial charge in [-0.1, -0.05) is 35.9 Å². The highest BCUT2D eigenvalue weighted by molar-refractivity contribution is 6.02. The van der Waals surface area contributed by atoms with Crippen molar-refractivity contribution in [3.8, 4) is 0 Å². The summed E-state index contributed by atoms with van der Waals surface area (Å²) in [5.41, 5.74) is 2.72. The van der Waals surface area contributed by atoms with Crippen LogP contribution in [0.2, 0.25) is 0 Å². The van der Waals surface area contributed by atoms with E-state index in [1.807, 2.05) is 49.4 Å². The van der Waals surface area contributed by atoms with E-state index in [-0.39, 0.29) is 11.9 Å². The highest BCUT2D eigenvalue weighted by atomic mass is 16.2. The van der Waals surface area contributed by atoms with Crippen molar-refractivity contribution in [1.29, 1.82) is 0 Å². The van der Waals surface area contributed by atoms with Crippen LogP contribution in [-0.2, 0) is 4.79 Å². The molecule has 0 aliphatic carbocycles. The van der Waals surface area contributed by atoms with Crippen molar-refractivity contribution < 1.29 is 9.59 Å². The molecule has 1 aliphatic heterocycles. The lowest BCUT2D eigenvalue weighted by Crippen LogP contribution is -2.43. The van der Waals surface area contributed by atoms with Crippen molar-refractivity contribution in [2.45, 2.75) is 19.4 Å². The van der Waals surface area contributed by atoms with Gasteiger partial charge in [0, 0.05) is 17.9 Å². The second kappa shape index (κ2) is 6.52. The molecule has 2 aromatic rings. The predicted octanol–water partition coefficient (Wildman–Crippen LogP) is 2.92. The maximum Gasteiger partial charge on any atom is 0.319 e. The molecule has 1 atom stereocenters. The van der Waals surface area contributed by atoms with E-state index in [9.17, 15) is 9.59 Å². The van der Waals surface area contributed by atoms with Gasteiger partial charge in [0.15, 0.2) is 0 Å². The summed E-state index contributed by atoms with van der Waals surface area (Å²) in [4.78, 5) is 26.2. The molecular formula is C18H19N3O2. The molecule has 3 amide bonds. The maximum absolute atomic E-state index is 12.5. The van der Waals surface area contributed by atoms with E-state index in [4.69, 9.17) is 0 Å². The monoisotopic (exact) mass is 309 g/mol. The van der Waals surface area contributed by atoms with E-state index in [2.05, 4.69) is 10.6 Å². The van der Waals surface area contributed by atoms with E-state index in [1.54, 1.807) is 17.0 Å². The highest BCUT2D eigenvalue weighted by Crippen LogP contribution is 2.22. The Kier molecular flexibility index (Phi) is 4.28. The fraction of sp³-hybridized carbons (Fsp3) is 0.222. The number of nitrogens with zero attached hydrogens (tertiary/aromatic N) is 1. The number of hydrogen-bond donors (Lipinski definition) is 2. The number of benzene rings is 2. The van der Waals surface area contributed by atoms with Gasteiger partial charge in [-0.05, 0) is 37.6 Å². The average Bonchev–Trinajstić information content (AvgIpc) is 2.90. The molecule has 1 fully saturated rings. The minimum atomic E-state index is -0.486. The molecule has 1 heterocycles. The first-order valence-electron chi connectivity index (χ1n) is 7.64. The summed E-state index contributed by atoms with van der Waals surface area (Å²) in [5, 5.41) is 5.48. The Labute approximate surface area is 135 Å². The largest absolute Gasteiger partial charge is 0.326 e. The van der Waals surface area contributed by atoms with Crippen molar-refractivity contribution in [3.05, 3.63) is 60.2 Å². The van der Waals surface area contributed by atoms with Gasteiger partial charge in [-0.15, -0.1) is 0 Å². The van der Waals surface area contributed by atoms with Crippen molar-refractivity contribution in [2.24, 2.45) is 0 Å². The van der Waals surface area contributed by atoms with Gasteiger partial charge in [-0.3, -0.25) is 4.79 Å². The summed E-state index contributed by atoms with van der Waals surface area (Å²) in [6.45, 7) is 2.62. The van der Waals surface area contributed by atoms with E-state index in [0.717, 1.165) is 11.3 Å². The molecule has 5 heteroatoms. The fourth-order valence-corrected chi connectivity index (χ4v) is 2.64. The third-order valence-corrected chi connectivity index (χ3v) is 3.89. The molecule has 3 rings (SSSR count). The van der Waals surface area contributed by atoms with Gasteiger partial charge in [-0.25, -0.2) is 4.79 Å². The zero-order valence-electron chi connectivity index (χ0n) is 13.0. The van der Waals surface area contributed by atoms with Gasteiger partial charge in [0.05, 0.1) is 0 Å². The molecule has 23 heavy (non-hydrogen) atoms. The Morgan fingerprint density at radius 3 is 2.48 bits per heavy atom. The predicted molar refractivity (Wildman–Crippen MR) is 90.5 cm³/mol. The minimum absolute atomic E-state index is 0.0722. The molecule has 0 saturated carbocycles. The first kappa shape index (κ1) is 15.1. The van der Waals surface area contributed by atoms with Crippen LogP contribution in [0.3, 0.4) is 0 Å². The molecule has 118 valence electrons. The van der Waals surface area contributed by atoms with Crippen LogP contribution in [0.5, 0.6) is 0 Å². The lowest BCUT2D eigenvalue weighted by atomic mass is 10.2. The van der Waals surface area contributed by atoms with Crippen LogP contribution in [-0.4, -0.2) is 24.5 Å². The molecule has 1 saturated heterocycles. The Hall–Kier alpha value is -2.82. The SMILES string of the molecule is Cc1ccc(N2CCC(NC(=O)Nc3ccccc3)C2=O)cc1. The summed E-state index contributed by atoms with van der Waals surface area (Å²) in [6, 6.07) is 16.1. The average molecular weight is 309 g/mol. The standard InChI is InChI=1S/C18H19N3O2/c1-13-7-9-15(10-8-13)21-12-11-16(17(21)22)20-18(23)19-14-5-3-2-4-6-14/h2-10,16H,11-12H2,1H3,(H2,19,20,23). The Bertz CT molecular complexity index is 698. The van der Waals surface area contributed by atoms with Crippen LogP contribution in [0.25, 0.3) is 0 Å². The number of urea groups is 1. The third kappa shape index (κ3) is 3.51. The number of carbonyl (C=O) groups excluding carboxylic acids is 2. The minimum Gasteiger partial charge on any atom is -0.326 e. The van der Waals surface area contributed by atoms with Gasteiger partial charge in [0.2, 0.25) is 5.91 Å². The number of para-hydroxylation sites is 1. The van der Waals surface area contributed by atoms with Crippen LogP contribution in [0.4, 0.5) is 16.2 Å². The van der Waals surface area contributed by atoms with Gasteiger partial charge >= 0.3 is 6.03 Å². The fourth-order valence-electron chi connectivity index (χ4n) is 2.64. The first-order chi connectivity index (χ1) is 11.1. The quantitative estimate of drug-likeness (QED) is 0.916. The third-order valence-electron chi connectivity index (χ3n) is 3.89. The van der Waals surface area contributed by atoms with Gasteiger partial charge < -0.3 is 15.5 Å². The normalized spacial score (nSPS) is 17.2. The van der Waals surface area contributed by atoms with Crippen LogP contribution in [0, 0.1) is 6.92 Å². The number of nitrogens with one attached hydrogen (secondary N) is 2. The summed E-state index contributed by atoms with van der Waals surface area (Å²) in [7, 11) is 0. The van der Waals surface area contributed by atoms with Gasteiger partial charge in [0.25, 0.3) is 0 Å². The Morgan fingerprint density at radius 1 is 1.09 bits per heavy atom. The van der Waals surface area contributed by atoms with Crippen molar-refractivity contribution >= 4 is 23.3 Å². The molecule has 1 unspecified atom stereocenters. The number of amides is 3. The number of aryl methyl sites for hydroxylation is 1. The molecule has 2 aromatic carbocycles. The van der Waals surface area contributed by atoms with Crippen LogP contribution >= 0.6 is 0 Å². The summed E-state index contributed by atoms with van der Waals surface area (Å²) in [5.74, 6) is -0.0722. The zero-order valence-corrected chi connectivity index (χ0v) is 13.0. The molecular weight excluding hydrogens is 290 g/mol. The Morgan fingerprint density at radius 2 is 1.78 bits per heavy atom. The summed E-state index contributed by atoms with van der Waals surface area (Å²) < 4.78 is 0. The van der Waals surface area contributed by atoms with Crippen molar-refractivity contribution in [2.75, 3.05) is 16.8 Å². The van der Waals surface area contributed by atoms with Crippen molar-refractivity contribution in [1.82, 2.24) is 5.32 Å². The Balaban J connectivity index is 1.61. The second-order valence-electron chi connectivity index (χ2n) is 5.63. The number of anilines is 2. The van der Waals surface area contributed by atoms with Crippen molar-refractivity contribution in [3.63, 3.8) is 0 Å². The van der Waals surface area contributed by atoms with Crippen LogP contribution in [0.15, 0.2) is 54.6 Å². The highest BCUT2D eigenvalue weighted by Gasteiger charge is 2.33. The first-order valence-corrected chi connectivity index (χ1v) is 7.64. The van der Waals surface area contributed by atoms with Gasteiger partial charge in [0.1, 0.15) is 6.04 Å². The zero-order chi connectivity index (χ0) is 16.2. The van der Waals surface area contributed by atoms with Crippen LogP contribution in [0.1, 0.15) is 12.0 Å². The summed E-state index contributed by atoms with van der Waals surface area (Å²) in [6.07, 6.45) is 0.606. The lowest BCUT2D eigenvalue weighted by Gasteiger charge is -2.17. The lowest BCUT2D eigenvalue weighted by molar-refractivity contribution is -0.118. The van der Waals surface area contributed by atoms with E-state index in [1.165, 1.54) is 0 Å². The number of hydrogen-bond acceptors (Lipinski definition) is 2.